The molecule has 0 saturated heterocycles. The molecule has 0 aromatic heterocycles. The van der Waals surface area contributed by atoms with E-state index in [4.69, 9.17) is 81.6 Å². The Morgan fingerprint density at radius 3 is 0.514 bits per heavy atom. The van der Waals surface area contributed by atoms with E-state index in [-0.39, 0.29) is 24.8 Å². The van der Waals surface area contributed by atoms with Gasteiger partial charge in [-0.15, -0.1) is 0 Å². The molecule has 0 radical (unpaired) electrons. The molecule has 0 heterocycles. The molecule has 0 atom stereocenters. The number of halogens is 6. The summed E-state index contributed by atoms with van der Waals surface area (Å²) in [7, 11) is 20.1. The first-order valence-corrected chi connectivity index (χ1v) is 23.7. The molecule has 4 rings (SSSR count). The molecule has 16 N–H and O–H groups in total. The fourth-order valence-electron chi connectivity index (χ4n) is 3.21. The molecule has 4 aromatic carbocycles. The second-order valence-electron chi connectivity index (χ2n) is 6.90. The van der Waals surface area contributed by atoms with Crippen molar-refractivity contribution in [3.05, 3.63) is 48.5 Å². The fourth-order valence-corrected chi connectivity index (χ4v) is 3.21. The molecule has 8 nitrogen and oxygen atoms in total. The van der Waals surface area contributed by atoms with Crippen LogP contribution in [0.25, 0.3) is 21.5 Å². The predicted octanol–water partition coefficient (Wildman–Crippen LogP) is -1.28. The molecule has 35 heavy (non-hydrogen) atoms. The van der Waals surface area contributed by atoms with Crippen LogP contribution in [0.15, 0.2) is 48.5 Å². The first-order chi connectivity index (χ1) is 15.2. The maximum absolute atomic E-state index is 5.80. The Labute approximate surface area is 234 Å². The zero-order valence-electron chi connectivity index (χ0n) is 18.0. The van der Waals surface area contributed by atoms with Crippen LogP contribution in [-0.2, 0) is 0 Å². The van der Waals surface area contributed by atoms with Crippen LogP contribution in [0.4, 0.5) is 45.5 Å². The summed E-state index contributed by atoms with van der Waals surface area (Å²) in [6.07, 6.45) is 0. The average Bonchev–Trinajstić information content (AvgIpc) is 2.71. The number of nitrogens with two attached hydrogens (primary N) is 8. The van der Waals surface area contributed by atoms with E-state index in [1.807, 2.05) is 0 Å². The summed E-state index contributed by atoms with van der Waals surface area (Å²) in [4.78, 5) is 0. The van der Waals surface area contributed by atoms with E-state index in [2.05, 4.69) is 0 Å². The Morgan fingerprint density at radius 2 is 0.429 bits per heavy atom. The molecule has 0 amide bonds. The molecule has 0 spiro atoms. The van der Waals surface area contributed by atoms with Gasteiger partial charge in [0.05, 0.1) is 0 Å². The van der Waals surface area contributed by atoms with Gasteiger partial charge in [0.15, 0.2) is 0 Å². The summed E-state index contributed by atoms with van der Waals surface area (Å²) < 4.78 is 0. The second kappa shape index (κ2) is 13.6. The van der Waals surface area contributed by atoms with E-state index in [0.29, 0.717) is 45.5 Å². The first kappa shape index (κ1) is 33.3. The third kappa shape index (κ3) is 8.75. The van der Waals surface area contributed by atoms with Crippen LogP contribution in [0.2, 0.25) is 0 Å². The number of benzene rings is 4. The van der Waals surface area contributed by atoms with Crippen molar-refractivity contribution in [2.24, 2.45) is 0 Å². The number of nitrogen functional groups attached to an aromatic ring is 8. The maximum atomic E-state index is 5.80. The molecular weight excluding hydrogens is 684 g/mol. The van der Waals surface area contributed by atoms with Crippen molar-refractivity contribution in [3.63, 3.8) is 0 Å². The first-order valence-electron chi connectivity index (χ1n) is 9.21. The van der Waals surface area contributed by atoms with Gasteiger partial charge in [0.2, 0.25) is 0 Å². The SMILES string of the molecule is Nc1ccc(N)c2c(N)ccc(N)c12.Nc1ccc(N)c2c(N)ccc(N)c12.[Cl-].[Cl-].[Cl][Sn]([Cl])([Cl])[Cl]. The number of fused-ring (bicyclic) bond motifs is 2. The van der Waals surface area contributed by atoms with Gasteiger partial charge in [-0.25, -0.2) is 0 Å². The zero-order chi connectivity index (χ0) is 25.1. The van der Waals surface area contributed by atoms with E-state index in [9.17, 15) is 0 Å². The second-order valence-corrected chi connectivity index (χ2v) is 32.4. The zero-order valence-corrected chi connectivity index (χ0v) is 25.4. The quantitative estimate of drug-likeness (QED) is 0.0814. The van der Waals surface area contributed by atoms with Gasteiger partial charge in [0, 0.05) is 67.0 Å². The van der Waals surface area contributed by atoms with Crippen molar-refractivity contribution in [1.82, 2.24) is 0 Å². The number of hydrogen-bond acceptors (Lipinski definition) is 8. The van der Waals surface area contributed by atoms with Crippen LogP contribution in [-0.4, -0.2) is 13.9 Å². The van der Waals surface area contributed by atoms with Gasteiger partial charge in [-0.2, -0.15) is 0 Å². The average molecular weight is 708 g/mol. The standard InChI is InChI=1S/2C10H12N4.6ClH.Sn/c2*11-5-1-2-6(12)10-8(14)4-3-7(13)9(5)10;;;;;;;/h2*1-4H,11-14H2;6*1H;/q;;;;;;;;+4/p-6. The van der Waals surface area contributed by atoms with Crippen molar-refractivity contribution < 1.29 is 24.8 Å². The summed E-state index contributed by atoms with van der Waals surface area (Å²) in [5.41, 5.74) is 51.2. The third-order valence-electron chi connectivity index (χ3n) is 4.58. The molecule has 4 aromatic rings. The molecule has 0 unspecified atom stereocenters. The van der Waals surface area contributed by atoms with E-state index in [0.717, 1.165) is 21.5 Å². The molecule has 0 bridgehead atoms. The molecule has 15 heteroatoms. The molecular formula is C20H24Cl6N8Sn-2. The Bertz CT molecular complexity index is 1040. The summed E-state index contributed by atoms with van der Waals surface area (Å²) >= 11 is -3.29. The summed E-state index contributed by atoms with van der Waals surface area (Å²) in [6.45, 7) is 0. The van der Waals surface area contributed by atoms with Gasteiger partial charge in [-0.1, -0.05) is 0 Å². The van der Waals surface area contributed by atoms with Crippen LogP contribution >= 0.6 is 35.7 Å². The topological polar surface area (TPSA) is 208 Å². The minimum absolute atomic E-state index is 0. The van der Waals surface area contributed by atoms with Crippen LogP contribution in [0, 0.1) is 0 Å². The van der Waals surface area contributed by atoms with E-state index >= 15 is 0 Å². The van der Waals surface area contributed by atoms with Gasteiger partial charge in [0.25, 0.3) is 0 Å². The minimum atomic E-state index is -3.29. The van der Waals surface area contributed by atoms with Crippen molar-refractivity contribution in [3.8, 4) is 0 Å². The van der Waals surface area contributed by atoms with Crippen LogP contribution < -0.4 is 70.7 Å². The Hall–Kier alpha value is -1.66. The summed E-state index contributed by atoms with van der Waals surface area (Å²) in [6, 6.07) is 13.8. The van der Waals surface area contributed by atoms with Crippen molar-refractivity contribution in [2.75, 3.05) is 45.9 Å². The molecule has 0 aliphatic rings. The van der Waals surface area contributed by atoms with E-state index in [1.54, 1.807) is 48.5 Å². The van der Waals surface area contributed by atoms with E-state index in [1.165, 1.54) is 0 Å². The number of anilines is 8. The molecule has 0 aliphatic carbocycles. The predicted molar refractivity (Wildman–Crippen MR) is 152 cm³/mol. The van der Waals surface area contributed by atoms with E-state index < -0.39 is 13.9 Å². The number of rotatable bonds is 0. The van der Waals surface area contributed by atoms with Crippen LogP contribution in [0.3, 0.4) is 0 Å². The van der Waals surface area contributed by atoms with Gasteiger partial charge in [-0.3, -0.25) is 0 Å². The normalized spacial score (nSPS) is 10.2. The Morgan fingerprint density at radius 1 is 0.343 bits per heavy atom. The molecule has 192 valence electrons. The number of hydrogen-bond donors (Lipinski definition) is 8. The van der Waals surface area contributed by atoms with Crippen LogP contribution in [0.1, 0.15) is 0 Å². The van der Waals surface area contributed by atoms with Crippen LogP contribution in [0.5, 0.6) is 0 Å². The third-order valence-corrected chi connectivity index (χ3v) is 4.58. The van der Waals surface area contributed by atoms with Crippen molar-refractivity contribution >= 4 is 117 Å². The molecule has 0 aliphatic heterocycles. The fraction of sp³-hybridized carbons (Fsp3) is 0. The molecule has 0 fully saturated rings. The monoisotopic (exact) mass is 706 g/mol. The van der Waals surface area contributed by atoms with Crippen molar-refractivity contribution in [1.29, 1.82) is 0 Å². The van der Waals surface area contributed by atoms with Crippen molar-refractivity contribution in [2.45, 2.75) is 0 Å². The Balaban J connectivity index is 0.000000531. The van der Waals surface area contributed by atoms with Gasteiger partial charge in [-0.05, 0) is 48.5 Å². The van der Waals surface area contributed by atoms with Gasteiger partial charge >= 0.3 is 49.6 Å². The summed E-state index contributed by atoms with van der Waals surface area (Å²) in [5.74, 6) is 0. The Kier molecular flexibility index (Phi) is 12.9. The van der Waals surface area contributed by atoms with Gasteiger partial charge < -0.3 is 70.7 Å². The summed E-state index contributed by atoms with van der Waals surface area (Å²) in [5, 5.41) is 2.96. The van der Waals surface area contributed by atoms with Gasteiger partial charge in [0.1, 0.15) is 0 Å². The molecule has 0 saturated carbocycles.